The van der Waals surface area contributed by atoms with Crippen molar-refractivity contribution in [1.82, 2.24) is 14.5 Å². The minimum absolute atomic E-state index is 0.0815. The first-order valence-corrected chi connectivity index (χ1v) is 12.1. The number of aromatic hydroxyl groups is 1. The first-order valence-electron chi connectivity index (χ1n) is 11.3. The van der Waals surface area contributed by atoms with Crippen molar-refractivity contribution in [3.63, 3.8) is 0 Å². The van der Waals surface area contributed by atoms with E-state index in [1.807, 2.05) is 18.2 Å². The summed E-state index contributed by atoms with van der Waals surface area (Å²) in [5, 5.41) is 21.9. The Morgan fingerprint density at radius 1 is 1.15 bits per heavy atom. The summed E-state index contributed by atoms with van der Waals surface area (Å²) in [6.07, 6.45) is 3.91. The average Bonchev–Trinajstić information content (AvgIpc) is 2.76. The Kier molecular flexibility index (Phi) is 7.70. The van der Waals surface area contributed by atoms with Gasteiger partial charge in [0.2, 0.25) is 5.88 Å². The Balaban J connectivity index is 2.15. The van der Waals surface area contributed by atoms with E-state index >= 15 is 0 Å². The molecule has 0 aliphatic heterocycles. The third-order valence-electron chi connectivity index (χ3n) is 6.16. The maximum absolute atomic E-state index is 13.4. The van der Waals surface area contributed by atoms with Gasteiger partial charge in [-0.25, -0.2) is 4.79 Å². The highest BCUT2D eigenvalue weighted by Crippen LogP contribution is 2.29. The molecule has 184 valence electrons. The predicted octanol–water partition coefficient (Wildman–Crippen LogP) is 3.14. The second-order valence-electron chi connectivity index (χ2n) is 9.67. The zero-order valence-corrected chi connectivity index (χ0v) is 21.1. The number of carbonyl (C=O) groups excluding carboxylic acids is 1. The molecule has 0 radical (unpaired) electrons. The van der Waals surface area contributed by atoms with Gasteiger partial charge in [-0.05, 0) is 35.4 Å². The van der Waals surface area contributed by atoms with Gasteiger partial charge < -0.3 is 15.5 Å². The van der Waals surface area contributed by atoms with Gasteiger partial charge in [0.1, 0.15) is 6.54 Å². The van der Waals surface area contributed by atoms with Gasteiger partial charge >= 0.3 is 11.7 Å². The van der Waals surface area contributed by atoms with Gasteiger partial charge in [-0.2, -0.15) is 0 Å². The molecule has 0 atom stereocenters. The maximum Gasteiger partial charge on any atom is 0.334 e. The van der Waals surface area contributed by atoms with Gasteiger partial charge in [-0.3, -0.25) is 23.5 Å². The van der Waals surface area contributed by atoms with Crippen molar-refractivity contribution >= 4 is 27.8 Å². The number of amides is 1. The number of hydrogen-bond acceptors (Lipinski definition) is 5. The Morgan fingerprint density at radius 2 is 1.79 bits per heavy atom. The Hall–Kier alpha value is -2.88. The topological polar surface area (TPSA) is 131 Å². The van der Waals surface area contributed by atoms with E-state index in [0.29, 0.717) is 18.4 Å². The molecule has 10 heteroatoms. The zero-order valence-electron chi connectivity index (χ0n) is 19.6. The van der Waals surface area contributed by atoms with Crippen molar-refractivity contribution in [3.8, 4) is 5.88 Å². The molecule has 1 aliphatic rings. The number of rotatable bonds is 6. The van der Waals surface area contributed by atoms with E-state index in [4.69, 9.17) is 5.11 Å². The monoisotopic (exact) mass is 535 g/mol. The highest BCUT2D eigenvalue weighted by atomic mass is 79.9. The molecule has 0 spiro atoms. The molecular weight excluding hydrogens is 506 g/mol. The molecule has 3 rings (SSSR count). The van der Waals surface area contributed by atoms with Crippen LogP contribution in [0.25, 0.3) is 0 Å². The lowest BCUT2D eigenvalue weighted by Gasteiger charge is -2.25. The summed E-state index contributed by atoms with van der Waals surface area (Å²) >= 11 is 3.53. The van der Waals surface area contributed by atoms with Crippen LogP contribution < -0.4 is 16.6 Å². The number of aromatic nitrogens is 2. The van der Waals surface area contributed by atoms with Crippen LogP contribution in [0.5, 0.6) is 5.88 Å². The van der Waals surface area contributed by atoms with Gasteiger partial charge in [0.25, 0.3) is 11.5 Å². The van der Waals surface area contributed by atoms with Crippen LogP contribution in [0.1, 0.15) is 80.4 Å². The fraction of sp³-hybridized carbons (Fsp3) is 0.500. The third kappa shape index (κ3) is 5.43. The van der Waals surface area contributed by atoms with E-state index in [-0.39, 0.29) is 12.0 Å². The minimum atomic E-state index is -1.29. The van der Waals surface area contributed by atoms with Gasteiger partial charge in [-0.1, -0.05) is 68.1 Å². The van der Waals surface area contributed by atoms with Gasteiger partial charge in [0, 0.05) is 10.5 Å². The first kappa shape index (κ1) is 25.7. The molecule has 3 N–H and O–H groups in total. The van der Waals surface area contributed by atoms with Crippen LogP contribution in [0, 0.1) is 0 Å². The summed E-state index contributed by atoms with van der Waals surface area (Å²) in [5.74, 6) is -3.11. The first-order chi connectivity index (χ1) is 15.9. The highest BCUT2D eigenvalue weighted by Gasteiger charge is 2.29. The third-order valence-corrected chi connectivity index (χ3v) is 6.90. The van der Waals surface area contributed by atoms with Crippen LogP contribution >= 0.6 is 15.9 Å². The average molecular weight is 536 g/mol. The second-order valence-corrected chi connectivity index (χ2v) is 10.5. The molecule has 34 heavy (non-hydrogen) atoms. The van der Waals surface area contributed by atoms with Gasteiger partial charge in [0.15, 0.2) is 5.56 Å². The highest BCUT2D eigenvalue weighted by molar-refractivity contribution is 9.10. The molecule has 1 aliphatic carbocycles. The molecule has 1 aromatic heterocycles. The number of benzene rings is 1. The number of halogens is 1. The molecule has 1 saturated carbocycles. The standard InChI is InChI=1S/C24H30BrN3O6/c1-24(2,3)15-10-9-14(17(25)11-15)13-27-21(32)19(20(31)26-12-18(29)30)22(33)28(23(27)34)16-7-5-4-6-8-16/h9-11,16,32H,4-8,12-13H2,1-3H3,(H,26,31)(H,29,30). The summed E-state index contributed by atoms with van der Waals surface area (Å²) in [6.45, 7) is 5.43. The molecular formula is C24H30BrN3O6. The molecule has 2 aromatic rings. The van der Waals surface area contributed by atoms with Crippen LogP contribution in [0.2, 0.25) is 0 Å². The van der Waals surface area contributed by atoms with E-state index in [2.05, 4.69) is 42.0 Å². The molecule has 0 bridgehead atoms. The quantitative estimate of drug-likeness (QED) is 0.520. The normalized spacial score (nSPS) is 14.7. The van der Waals surface area contributed by atoms with Crippen LogP contribution in [0.3, 0.4) is 0 Å². The van der Waals surface area contributed by atoms with E-state index in [1.54, 1.807) is 0 Å². The van der Waals surface area contributed by atoms with Crippen LogP contribution in [-0.2, 0) is 16.8 Å². The number of carboxylic acids is 1. The molecule has 1 fully saturated rings. The number of nitrogens with one attached hydrogen (secondary N) is 1. The van der Waals surface area contributed by atoms with Crippen molar-refractivity contribution in [2.45, 2.75) is 70.9 Å². The lowest BCUT2D eigenvalue weighted by atomic mass is 9.87. The number of carboxylic acid groups (broad SMARTS) is 1. The molecule has 0 unspecified atom stereocenters. The number of aliphatic carboxylic acids is 1. The minimum Gasteiger partial charge on any atom is -0.494 e. The zero-order chi connectivity index (χ0) is 25.2. The van der Waals surface area contributed by atoms with E-state index < -0.39 is 47.2 Å². The number of carbonyl (C=O) groups is 2. The van der Waals surface area contributed by atoms with Crippen LogP contribution in [-0.4, -0.2) is 37.8 Å². The van der Waals surface area contributed by atoms with Crippen molar-refractivity contribution < 1.29 is 19.8 Å². The summed E-state index contributed by atoms with van der Waals surface area (Å²) in [5.41, 5.74) is -0.582. The lowest BCUT2D eigenvalue weighted by Crippen LogP contribution is -2.47. The SMILES string of the molecule is CC(C)(C)c1ccc(Cn2c(O)c(C(=O)NCC(=O)O)c(=O)n(C3CCCCC3)c2=O)c(Br)c1. The van der Waals surface area contributed by atoms with Crippen molar-refractivity contribution in [2.75, 3.05) is 6.54 Å². The van der Waals surface area contributed by atoms with Crippen molar-refractivity contribution in [1.29, 1.82) is 0 Å². The van der Waals surface area contributed by atoms with Crippen molar-refractivity contribution in [2.24, 2.45) is 0 Å². The van der Waals surface area contributed by atoms with E-state index in [0.717, 1.165) is 38.4 Å². The summed E-state index contributed by atoms with van der Waals surface area (Å²) < 4.78 is 2.77. The predicted molar refractivity (Wildman–Crippen MR) is 131 cm³/mol. The summed E-state index contributed by atoms with van der Waals surface area (Å²) in [4.78, 5) is 50.2. The Labute approximate surface area is 205 Å². The fourth-order valence-corrected chi connectivity index (χ4v) is 4.72. The maximum atomic E-state index is 13.4. The number of hydrogen-bond donors (Lipinski definition) is 3. The molecule has 9 nitrogen and oxygen atoms in total. The Bertz CT molecular complexity index is 1220. The van der Waals surface area contributed by atoms with Crippen LogP contribution in [0.15, 0.2) is 32.3 Å². The molecule has 1 amide bonds. The van der Waals surface area contributed by atoms with Gasteiger partial charge in [0.05, 0.1) is 6.54 Å². The van der Waals surface area contributed by atoms with E-state index in [1.165, 1.54) is 0 Å². The lowest BCUT2D eigenvalue weighted by molar-refractivity contribution is -0.135. The fourth-order valence-electron chi connectivity index (χ4n) is 4.22. The molecule has 1 aromatic carbocycles. The Morgan fingerprint density at radius 3 is 2.35 bits per heavy atom. The van der Waals surface area contributed by atoms with Crippen molar-refractivity contribution in [3.05, 3.63) is 60.2 Å². The molecule has 0 saturated heterocycles. The molecule has 1 heterocycles. The van der Waals surface area contributed by atoms with E-state index in [9.17, 15) is 24.3 Å². The largest absolute Gasteiger partial charge is 0.494 e. The van der Waals surface area contributed by atoms with Crippen LogP contribution in [0.4, 0.5) is 0 Å². The number of nitrogens with zero attached hydrogens (tertiary/aromatic N) is 2. The van der Waals surface area contributed by atoms with Gasteiger partial charge in [-0.15, -0.1) is 0 Å². The summed E-state index contributed by atoms with van der Waals surface area (Å²) in [7, 11) is 0. The summed E-state index contributed by atoms with van der Waals surface area (Å²) in [6, 6.07) is 5.31. The smallest absolute Gasteiger partial charge is 0.334 e. The second kappa shape index (κ2) is 10.2.